The SMILES string of the molecule is CCOc1ccc(C)cc1C(Cl)c1ccccc1Br. The molecule has 0 spiro atoms. The van der Waals surface area contributed by atoms with E-state index < -0.39 is 0 Å². The minimum atomic E-state index is -0.225. The van der Waals surface area contributed by atoms with Gasteiger partial charge in [-0.25, -0.2) is 0 Å². The number of alkyl halides is 1. The number of hydrogen-bond donors (Lipinski definition) is 0. The highest BCUT2D eigenvalue weighted by Crippen LogP contribution is 2.38. The van der Waals surface area contributed by atoms with Crippen molar-refractivity contribution in [2.75, 3.05) is 6.61 Å². The van der Waals surface area contributed by atoms with Crippen LogP contribution in [-0.2, 0) is 0 Å². The average molecular weight is 340 g/mol. The van der Waals surface area contributed by atoms with Gasteiger partial charge in [-0.05, 0) is 31.5 Å². The van der Waals surface area contributed by atoms with E-state index in [9.17, 15) is 0 Å². The predicted molar refractivity (Wildman–Crippen MR) is 84.2 cm³/mol. The van der Waals surface area contributed by atoms with Gasteiger partial charge in [0.15, 0.2) is 0 Å². The second-order valence-corrected chi connectivity index (χ2v) is 5.65. The molecule has 3 heteroatoms. The molecular formula is C16H16BrClO. The maximum absolute atomic E-state index is 6.64. The average Bonchev–Trinajstić information content (AvgIpc) is 2.41. The van der Waals surface area contributed by atoms with E-state index in [1.54, 1.807) is 0 Å². The van der Waals surface area contributed by atoms with E-state index >= 15 is 0 Å². The number of rotatable bonds is 4. The van der Waals surface area contributed by atoms with Gasteiger partial charge in [-0.2, -0.15) is 0 Å². The van der Waals surface area contributed by atoms with Crippen molar-refractivity contribution in [2.45, 2.75) is 19.2 Å². The topological polar surface area (TPSA) is 9.23 Å². The molecule has 19 heavy (non-hydrogen) atoms. The zero-order valence-corrected chi connectivity index (χ0v) is 13.3. The molecule has 1 atom stereocenters. The Morgan fingerprint density at radius 3 is 2.58 bits per heavy atom. The van der Waals surface area contributed by atoms with E-state index in [2.05, 4.69) is 28.9 Å². The maximum Gasteiger partial charge on any atom is 0.124 e. The third-order valence-electron chi connectivity index (χ3n) is 2.92. The van der Waals surface area contributed by atoms with Crippen molar-refractivity contribution >= 4 is 27.5 Å². The summed E-state index contributed by atoms with van der Waals surface area (Å²) in [6.45, 7) is 4.67. The molecule has 2 aromatic carbocycles. The summed E-state index contributed by atoms with van der Waals surface area (Å²) < 4.78 is 6.69. The maximum atomic E-state index is 6.64. The summed E-state index contributed by atoms with van der Waals surface area (Å²) in [7, 11) is 0. The van der Waals surface area contributed by atoms with E-state index in [0.717, 1.165) is 21.3 Å². The smallest absolute Gasteiger partial charge is 0.124 e. The van der Waals surface area contributed by atoms with Crippen LogP contribution in [0.3, 0.4) is 0 Å². The molecule has 0 heterocycles. The van der Waals surface area contributed by atoms with Crippen LogP contribution in [0.2, 0.25) is 0 Å². The van der Waals surface area contributed by atoms with Gasteiger partial charge in [-0.1, -0.05) is 51.8 Å². The number of halogens is 2. The van der Waals surface area contributed by atoms with Gasteiger partial charge in [-0.15, -0.1) is 11.6 Å². The third kappa shape index (κ3) is 3.31. The van der Waals surface area contributed by atoms with Crippen molar-refractivity contribution in [3.63, 3.8) is 0 Å². The molecule has 2 rings (SSSR count). The molecule has 1 unspecified atom stereocenters. The molecule has 0 N–H and O–H groups in total. The van der Waals surface area contributed by atoms with Crippen LogP contribution in [0.5, 0.6) is 5.75 Å². The summed E-state index contributed by atoms with van der Waals surface area (Å²) in [6.07, 6.45) is 0. The van der Waals surface area contributed by atoms with Gasteiger partial charge in [-0.3, -0.25) is 0 Å². The lowest BCUT2D eigenvalue weighted by atomic mass is 10.0. The van der Waals surface area contributed by atoms with Gasteiger partial charge < -0.3 is 4.74 Å². The minimum absolute atomic E-state index is 0.225. The van der Waals surface area contributed by atoms with Crippen LogP contribution >= 0.6 is 27.5 Å². The molecular weight excluding hydrogens is 324 g/mol. The van der Waals surface area contributed by atoms with Crippen LogP contribution in [-0.4, -0.2) is 6.61 Å². The Morgan fingerprint density at radius 2 is 1.89 bits per heavy atom. The van der Waals surface area contributed by atoms with Crippen LogP contribution in [0.1, 0.15) is 29.0 Å². The Kier molecular flexibility index (Phi) is 4.89. The Labute approximate surface area is 127 Å². The van der Waals surface area contributed by atoms with Crippen molar-refractivity contribution in [2.24, 2.45) is 0 Å². The van der Waals surface area contributed by atoms with Crippen molar-refractivity contribution in [3.05, 3.63) is 63.6 Å². The standard InChI is InChI=1S/C16H16BrClO/c1-3-19-15-9-8-11(2)10-13(15)16(18)12-6-4-5-7-14(12)17/h4-10,16H,3H2,1-2H3. The zero-order valence-electron chi connectivity index (χ0n) is 11.0. The molecule has 0 saturated heterocycles. The Balaban J connectivity index is 2.45. The largest absolute Gasteiger partial charge is 0.494 e. The van der Waals surface area contributed by atoms with E-state index in [1.165, 1.54) is 5.56 Å². The first-order valence-electron chi connectivity index (χ1n) is 6.25. The zero-order chi connectivity index (χ0) is 13.8. The fourth-order valence-corrected chi connectivity index (χ4v) is 3.01. The summed E-state index contributed by atoms with van der Waals surface area (Å²) in [5.74, 6) is 0.851. The van der Waals surface area contributed by atoms with E-state index in [4.69, 9.17) is 16.3 Å². The predicted octanol–water partition coefficient (Wildman–Crippen LogP) is 5.48. The molecule has 100 valence electrons. The van der Waals surface area contributed by atoms with E-state index in [0.29, 0.717) is 6.61 Å². The highest BCUT2D eigenvalue weighted by molar-refractivity contribution is 9.10. The molecule has 1 nitrogen and oxygen atoms in total. The lowest BCUT2D eigenvalue weighted by Crippen LogP contribution is -2.01. The Hall–Kier alpha value is -0.990. The fourth-order valence-electron chi connectivity index (χ4n) is 2.00. The van der Waals surface area contributed by atoms with Crippen molar-refractivity contribution < 1.29 is 4.74 Å². The van der Waals surface area contributed by atoms with Gasteiger partial charge in [0.25, 0.3) is 0 Å². The van der Waals surface area contributed by atoms with Crippen LogP contribution in [0, 0.1) is 6.92 Å². The van der Waals surface area contributed by atoms with Gasteiger partial charge in [0.05, 0.1) is 12.0 Å². The molecule has 0 fully saturated rings. The van der Waals surface area contributed by atoms with Crippen LogP contribution in [0.15, 0.2) is 46.9 Å². The first-order valence-corrected chi connectivity index (χ1v) is 7.48. The van der Waals surface area contributed by atoms with E-state index in [1.807, 2.05) is 43.3 Å². The second-order valence-electron chi connectivity index (χ2n) is 4.36. The van der Waals surface area contributed by atoms with Gasteiger partial charge in [0.2, 0.25) is 0 Å². The Morgan fingerprint density at radius 1 is 1.16 bits per heavy atom. The molecule has 0 aliphatic rings. The highest BCUT2D eigenvalue weighted by Gasteiger charge is 2.18. The van der Waals surface area contributed by atoms with Crippen LogP contribution < -0.4 is 4.74 Å². The number of ether oxygens (including phenoxy) is 1. The minimum Gasteiger partial charge on any atom is -0.494 e. The summed E-state index contributed by atoms with van der Waals surface area (Å²) >= 11 is 10.2. The van der Waals surface area contributed by atoms with Gasteiger partial charge in [0, 0.05) is 10.0 Å². The summed E-state index contributed by atoms with van der Waals surface area (Å²) in [5, 5.41) is -0.225. The molecule has 0 radical (unpaired) electrons. The van der Waals surface area contributed by atoms with E-state index in [-0.39, 0.29) is 5.38 Å². The van der Waals surface area contributed by atoms with Gasteiger partial charge in [0.1, 0.15) is 5.75 Å². The molecule has 0 aliphatic carbocycles. The summed E-state index contributed by atoms with van der Waals surface area (Å²) in [4.78, 5) is 0. The first-order chi connectivity index (χ1) is 9.13. The monoisotopic (exact) mass is 338 g/mol. The normalized spacial score (nSPS) is 12.2. The number of aryl methyl sites for hydroxylation is 1. The highest BCUT2D eigenvalue weighted by atomic mass is 79.9. The molecule has 0 bridgehead atoms. The molecule has 0 aliphatic heterocycles. The van der Waals surface area contributed by atoms with Crippen LogP contribution in [0.4, 0.5) is 0 Å². The molecule has 0 saturated carbocycles. The Bertz CT molecular complexity index is 568. The van der Waals surface area contributed by atoms with Crippen molar-refractivity contribution in [3.8, 4) is 5.75 Å². The fraction of sp³-hybridized carbons (Fsp3) is 0.250. The quantitative estimate of drug-likeness (QED) is 0.670. The van der Waals surface area contributed by atoms with Crippen molar-refractivity contribution in [1.82, 2.24) is 0 Å². The van der Waals surface area contributed by atoms with Crippen LogP contribution in [0.25, 0.3) is 0 Å². The summed E-state index contributed by atoms with van der Waals surface area (Å²) in [5.41, 5.74) is 3.24. The molecule has 0 amide bonds. The number of benzene rings is 2. The third-order valence-corrected chi connectivity index (χ3v) is 4.11. The lowest BCUT2D eigenvalue weighted by Gasteiger charge is -2.17. The molecule has 2 aromatic rings. The molecule has 0 aromatic heterocycles. The van der Waals surface area contributed by atoms with Crippen molar-refractivity contribution in [1.29, 1.82) is 0 Å². The second kappa shape index (κ2) is 6.44. The number of hydrogen-bond acceptors (Lipinski definition) is 1. The lowest BCUT2D eigenvalue weighted by molar-refractivity contribution is 0.337. The summed E-state index contributed by atoms with van der Waals surface area (Å²) in [6, 6.07) is 14.1. The first kappa shape index (κ1) is 14.4. The van der Waals surface area contributed by atoms with Gasteiger partial charge >= 0.3 is 0 Å².